The maximum atomic E-state index is 9.91. The number of hydrogen-bond donors (Lipinski definition) is 1. The zero-order valence-corrected chi connectivity index (χ0v) is 14.2. The molecule has 0 saturated heterocycles. The SMILES string of the molecule is Cc1cc(C)nc(/N=C/c2nc(-c3ccccc3Br)oc2O)c1. The van der Waals surface area contributed by atoms with Crippen molar-refractivity contribution in [3.63, 3.8) is 0 Å². The fraction of sp³-hybridized carbons (Fsp3) is 0.118. The number of hydrogen-bond acceptors (Lipinski definition) is 5. The minimum Gasteiger partial charge on any atom is -0.479 e. The molecule has 0 atom stereocenters. The van der Waals surface area contributed by atoms with Gasteiger partial charge in [0, 0.05) is 10.2 Å². The van der Waals surface area contributed by atoms with Crippen LogP contribution in [0.3, 0.4) is 0 Å². The van der Waals surface area contributed by atoms with Crippen LogP contribution in [-0.2, 0) is 0 Å². The lowest BCUT2D eigenvalue weighted by Crippen LogP contribution is -1.86. The zero-order chi connectivity index (χ0) is 16.4. The molecule has 3 rings (SSSR count). The van der Waals surface area contributed by atoms with Crippen molar-refractivity contribution in [1.82, 2.24) is 9.97 Å². The monoisotopic (exact) mass is 371 g/mol. The van der Waals surface area contributed by atoms with Crippen LogP contribution in [0, 0.1) is 13.8 Å². The Balaban J connectivity index is 1.92. The highest BCUT2D eigenvalue weighted by Crippen LogP contribution is 2.30. The number of aromatic hydroxyl groups is 1. The lowest BCUT2D eigenvalue weighted by Gasteiger charge is -1.97. The second-order valence-corrected chi connectivity index (χ2v) is 5.95. The zero-order valence-electron chi connectivity index (χ0n) is 12.6. The molecule has 0 fully saturated rings. The van der Waals surface area contributed by atoms with E-state index in [2.05, 4.69) is 30.9 Å². The molecule has 0 radical (unpaired) electrons. The van der Waals surface area contributed by atoms with Gasteiger partial charge in [0.1, 0.15) is 0 Å². The van der Waals surface area contributed by atoms with Gasteiger partial charge < -0.3 is 9.52 Å². The first kappa shape index (κ1) is 15.4. The maximum Gasteiger partial charge on any atom is 0.312 e. The highest BCUT2D eigenvalue weighted by Gasteiger charge is 2.14. The Kier molecular flexibility index (Phi) is 4.25. The standard InChI is InChI=1S/C17H14BrN3O2/c1-10-7-11(2)20-15(8-10)19-9-14-17(22)23-16(21-14)12-5-3-4-6-13(12)18/h3-9,22H,1-2H3/b19-9+. The summed E-state index contributed by atoms with van der Waals surface area (Å²) in [4.78, 5) is 12.8. The molecular formula is C17H14BrN3O2. The van der Waals surface area contributed by atoms with E-state index in [0.29, 0.717) is 11.7 Å². The predicted octanol–water partition coefficient (Wildman–Crippen LogP) is 4.57. The summed E-state index contributed by atoms with van der Waals surface area (Å²) in [5, 5.41) is 9.91. The Labute approximate surface area is 141 Å². The lowest BCUT2D eigenvalue weighted by molar-refractivity contribution is 0.337. The quantitative estimate of drug-likeness (QED) is 0.684. The molecular weight excluding hydrogens is 358 g/mol. The normalized spacial score (nSPS) is 11.3. The molecule has 0 aliphatic heterocycles. The number of halogens is 1. The number of oxazole rings is 1. The minimum absolute atomic E-state index is 0.261. The molecule has 2 aromatic heterocycles. The van der Waals surface area contributed by atoms with Crippen LogP contribution in [0.15, 0.2) is 50.3 Å². The van der Waals surface area contributed by atoms with Crippen LogP contribution >= 0.6 is 15.9 Å². The average Bonchev–Trinajstić information content (AvgIpc) is 2.85. The van der Waals surface area contributed by atoms with Crippen LogP contribution in [0.1, 0.15) is 17.0 Å². The Bertz CT molecular complexity index is 867. The van der Waals surface area contributed by atoms with Crippen molar-refractivity contribution in [3.05, 3.63) is 57.8 Å². The Morgan fingerprint density at radius 3 is 2.70 bits per heavy atom. The van der Waals surface area contributed by atoms with Crippen LogP contribution in [0.2, 0.25) is 0 Å². The van der Waals surface area contributed by atoms with Crippen LogP contribution in [-0.4, -0.2) is 21.3 Å². The highest BCUT2D eigenvalue weighted by atomic mass is 79.9. The third-order valence-corrected chi connectivity index (χ3v) is 3.83. The van der Waals surface area contributed by atoms with Crippen LogP contribution in [0.4, 0.5) is 5.82 Å². The number of benzene rings is 1. The summed E-state index contributed by atoms with van der Waals surface area (Å²) in [5.74, 6) is 0.612. The van der Waals surface area contributed by atoms with Crippen molar-refractivity contribution in [1.29, 1.82) is 0 Å². The van der Waals surface area contributed by atoms with Crippen molar-refractivity contribution < 1.29 is 9.52 Å². The molecule has 0 aliphatic rings. The van der Waals surface area contributed by atoms with Gasteiger partial charge in [0.15, 0.2) is 11.5 Å². The summed E-state index contributed by atoms with van der Waals surface area (Å²) in [5.41, 5.74) is 2.97. The third kappa shape index (κ3) is 3.48. The summed E-state index contributed by atoms with van der Waals surface area (Å²) >= 11 is 3.43. The van der Waals surface area contributed by atoms with Crippen LogP contribution in [0.25, 0.3) is 11.5 Å². The summed E-state index contributed by atoms with van der Waals surface area (Å²) < 4.78 is 6.15. The lowest BCUT2D eigenvalue weighted by atomic mass is 10.2. The van der Waals surface area contributed by atoms with Gasteiger partial charge >= 0.3 is 5.95 Å². The van der Waals surface area contributed by atoms with Crippen LogP contribution < -0.4 is 0 Å². The molecule has 0 spiro atoms. The molecule has 0 saturated carbocycles. The molecule has 5 nitrogen and oxygen atoms in total. The van der Waals surface area contributed by atoms with Gasteiger partial charge in [-0.05, 0) is 59.6 Å². The fourth-order valence-corrected chi connectivity index (χ4v) is 2.63. The Hall–Kier alpha value is -2.47. The van der Waals surface area contributed by atoms with E-state index in [1.165, 1.54) is 6.21 Å². The number of aliphatic imine (C=N–C) groups is 1. The first-order valence-electron chi connectivity index (χ1n) is 6.97. The first-order chi connectivity index (χ1) is 11.0. The molecule has 116 valence electrons. The van der Waals surface area contributed by atoms with E-state index in [-0.39, 0.29) is 11.6 Å². The van der Waals surface area contributed by atoms with Gasteiger partial charge in [0.05, 0.1) is 11.8 Å². The number of rotatable bonds is 3. The molecule has 0 bridgehead atoms. The van der Waals surface area contributed by atoms with Gasteiger partial charge in [-0.15, -0.1) is 0 Å². The number of aromatic nitrogens is 2. The van der Waals surface area contributed by atoms with E-state index in [0.717, 1.165) is 21.3 Å². The van der Waals surface area contributed by atoms with E-state index < -0.39 is 0 Å². The first-order valence-corrected chi connectivity index (χ1v) is 7.76. The van der Waals surface area contributed by atoms with Crippen molar-refractivity contribution in [2.75, 3.05) is 0 Å². The highest BCUT2D eigenvalue weighted by molar-refractivity contribution is 9.10. The molecule has 1 aromatic carbocycles. The fourth-order valence-electron chi connectivity index (χ4n) is 2.17. The number of aryl methyl sites for hydroxylation is 2. The van der Waals surface area contributed by atoms with Gasteiger partial charge in [-0.1, -0.05) is 12.1 Å². The smallest absolute Gasteiger partial charge is 0.312 e. The van der Waals surface area contributed by atoms with Crippen molar-refractivity contribution in [3.8, 4) is 17.4 Å². The third-order valence-electron chi connectivity index (χ3n) is 3.14. The van der Waals surface area contributed by atoms with Gasteiger partial charge in [-0.2, -0.15) is 0 Å². The minimum atomic E-state index is -0.274. The van der Waals surface area contributed by atoms with Crippen LogP contribution in [0.5, 0.6) is 5.95 Å². The Morgan fingerprint density at radius 1 is 1.17 bits per heavy atom. The molecule has 0 unspecified atom stereocenters. The van der Waals surface area contributed by atoms with Gasteiger partial charge in [-0.3, -0.25) is 0 Å². The van der Waals surface area contributed by atoms with Gasteiger partial charge in [0.2, 0.25) is 5.89 Å². The molecule has 6 heteroatoms. The maximum absolute atomic E-state index is 9.91. The molecule has 3 aromatic rings. The molecule has 23 heavy (non-hydrogen) atoms. The van der Waals surface area contributed by atoms with Gasteiger partial charge in [-0.25, -0.2) is 15.0 Å². The largest absolute Gasteiger partial charge is 0.479 e. The summed E-state index contributed by atoms with van der Waals surface area (Å²) in [6.07, 6.45) is 1.44. The predicted molar refractivity (Wildman–Crippen MR) is 92.3 cm³/mol. The average molecular weight is 372 g/mol. The van der Waals surface area contributed by atoms with E-state index in [4.69, 9.17) is 4.42 Å². The van der Waals surface area contributed by atoms with Crippen molar-refractivity contribution in [2.24, 2.45) is 4.99 Å². The van der Waals surface area contributed by atoms with E-state index >= 15 is 0 Å². The summed E-state index contributed by atoms with van der Waals surface area (Å²) in [7, 11) is 0. The van der Waals surface area contributed by atoms with E-state index in [1.807, 2.05) is 50.2 Å². The Morgan fingerprint density at radius 2 is 1.96 bits per heavy atom. The summed E-state index contributed by atoms with van der Waals surface area (Å²) in [6, 6.07) is 11.3. The van der Waals surface area contributed by atoms with E-state index in [1.54, 1.807) is 0 Å². The summed E-state index contributed by atoms with van der Waals surface area (Å²) in [6.45, 7) is 3.89. The number of pyridine rings is 1. The second-order valence-electron chi connectivity index (χ2n) is 5.09. The second kappa shape index (κ2) is 6.34. The molecule has 0 amide bonds. The van der Waals surface area contributed by atoms with E-state index in [9.17, 15) is 5.11 Å². The topological polar surface area (TPSA) is 71.5 Å². The molecule has 0 aliphatic carbocycles. The molecule has 2 heterocycles. The van der Waals surface area contributed by atoms with Crippen molar-refractivity contribution in [2.45, 2.75) is 13.8 Å². The van der Waals surface area contributed by atoms with Crippen molar-refractivity contribution >= 4 is 28.0 Å². The number of nitrogens with zero attached hydrogens (tertiary/aromatic N) is 3. The van der Waals surface area contributed by atoms with Gasteiger partial charge in [0.25, 0.3) is 0 Å². The molecule has 1 N–H and O–H groups in total.